The molecule has 110 valence electrons. The molecule has 4 heteroatoms. The summed E-state index contributed by atoms with van der Waals surface area (Å²) in [7, 11) is 1.61. The van der Waals surface area contributed by atoms with Gasteiger partial charge in [0, 0.05) is 5.57 Å². The Labute approximate surface area is 125 Å². The number of nitriles is 1. The summed E-state index contributed by atoms with van der Waals surface area (Å²) in [6.07, 6.45) is 2.86. The van der Waals surface area contributed by atoms with Gasteiger partial charge in [-0.15, -0.1) is 0 Å². The van der Waals surface area contributed by atoms with Crippen LogP contribution in [0.4, 0.5) is 0 Å². The number of aryl methyl sites for hydroxylation is 1. The van der Waals surface area contributed by atoms with Gasteiger partial charge in [-0.2, -0.15) is 5.26 Å². The van der Waals surface area contributed by atoms with Crippen molar-refractivity contribution in [3.8, 4) is 11.8 Å². The molecule has 1 unspecified atom stereocenters. The molecule has 0 saturated heterocycles. The van der Waals surface area contributed by atoms with Gasteiger partial charge in [0.25, 0.3) is 0 Å². The number of fused-ring (bicyclic) bond motifs is 1. The molecule has 0 amide bonds. The van der Waals surface area contributed by atoms with Crippen LogP contribution in [-0.4, -0.2) is 19.2 Å². The maximum Gasteiger partial charge on any atom is 0.310 e. The normalized spacial score (nSPS) is 14.7. The molecule has 2 rings (SSSR count). The van der Waals surface area contributed by atoms with E-state index in [1.165, 1.54) is 0 Å². The van der Waals surface area contributed by atoms with Crippen LogP contribution in [0.1, 0.15) is 31.4 Å². The monoisotopic (exact) mass is 285 g/mol. The average Bonchev–Trinajstić information content (AvgIpc) is 2.51. The molecule has 0 fully saturated rings. The van der Waals surface area contributed by atoms with Crippen molar-refractivity contribution in [3.63, 3.8) is 0 Å². The first-order valence-electron chi connectivity index (χ1n) is 7.04. The summed E-state index contributed by atoms with van der Waals surface area (Å²) in [4.78, 5) is 11.8. The number of methoxy groups -OCH3 is 1. The third-order valence-electron chi connectivity index (χ3n) is 3.51. The van der Waals surface area contributed by atoms with Gasteiger partial charge in [0.05, 0.1) is 13.0 Å². The van der Waals surface area contributed by atoms with Crippen molar-refractivity contribution < 1.29 is 14.3 Å². The van der Waals surface area contributed by atoms with E-state index >= 15 is 0 Å². The lowest BCUT2D eigenvalue weighted by molar-refractivity contribution is -0.148. The van der Waals surface area contributed by atoms with Crippen LogP contribution in [0.15, 0.2) is 24.3 Å². The maximum atomic E-state index is 11.8. The Morgan fingerprint density at radius 1 is 1.38 bits per heavy atom. The summed E-state index contributed by atoms with van der Waals surface area (Å²) < 4.78 is 10.6. The number of esters is 1. The van der Waals surface area contributed by atoms with Crippen molar-refractivity contribution in [2.45, 2.75) is 32.8 Å². The van der Waals surface area contributed by atoms with Gasteiger partial charge in [-0.25, -0.2) is 0 Å². The number of allylic oxidation sites excluding steroid dienone is 1. The molecule has 0 radical (unpaired) electrons. The van der Waals surface area contributed by atoms with E-state index in [4.69, 9.17) is 9.47 Å². The molecule has 0 saturated carbocycles. The number of benzene rings is 1. The molecule has 1 aromatic carbocycles. The minimum Gasteiger partial charge on any atom is -0.497 e. The molecule has 0 heterocycles. The van der Waals surface area contributed by atoms with Gasteiger partial charge >= 0.3 is 5.97 Å². The van der Waals surface area contributed by atoms with Gasteiger partial charge in [-0.05, 0) is 36.1 Å². The molecule has 21 heavy (non-hydrogen) atoms. The molecule has 1 aliphatic rings. The van der Waals surface area contributed by atoms with Crippen LogP contribution in [0.5, 0.6) is 5.75 Å². The number of hydrogen-bond acceptors (Lipinski definition) is 4. The van der Waals surface area contributed by atoms with Crippen LogP contribution in [0.3, 0.4) is 0 Å². The number of carbonyl (C=O) groups is 1. The Morgan fingerprint density at radius 2 is 2.14 bits per heavy atom. The second-order valence-electron chi connectivity index (χ2n) is 5.32. The van der Waals surface area contributed by atoms with Crippen molar-refractivity contribution in [1.82, 2.24) is 0 Å². The molecule has 0 N–H and O–H groups in total. The first-order valence-corrected chi connectivity index (χ1v) is 7.04. The Hall–Kier alpha value is -2.28. The van der Waals surface area contributed by atoms with E-state index in [2.05, 4.69) is 6.07 Å². The number of carbonyl (C=O) groups excluding carboxylic acids is 1. The predicted octanol–water partition coefficient (Wildman–Crippen LogP) is 3.12. The smallest absolute Gasteiger partial charge is 0.310 e. The quantitative estimate of drug-likeness (QED) is 0.797. The van der Waals surface area contributed by atoms with Crippen LogP contribution in [0.25, 0.3) is 5.57 Å². The largest absolute Gasteiger partial charge is 0.497 e. The van der Waals surface area contributed by atoms with Gasteiger partial charge in [-0.1, -0.05) is 26.0 Å². The van der Waals surface area contributed by atoms with E-state index in [-0.39, 0.29) is 11.9 Å². The molecule has 0 aliphatic heterocycles. The number of hydrogen-bond donors (Lipinski definition) is 0. The highest BCUT2D eigenvalue weighted by molar-refractivity contribution is 5.79. The van der Waals surface area contributed by atoms with Gasteiger partial charge in [-0.3, -0.25) is 4.79 Å². The lowest BCUT2D eigenvalue weighted by Crippen LogP contribution is -2.23. The van der Waals surface area contributed by atoms with Crippen molar-refractivity contribution in [2.75, 3.05) is 7.11 Å². The van der Waals surface area contributed by atoms with E-state index in [1.54, 1.807) is 21.0 Å². The summed E-state index contributed by atoms with van der Waals surface area (Å²) in [5, 5.41) is 9.36. The summed E-state index contributed by atoms with van der Waals surface area (Å²) >= 11 is 0. The predicted molar refractivity (Wildman–Crippen MR) is 79.6 cm³/mol. The summed E-state index contributed by atoms with van der Waals surface area (Å²) in [5.41, 5.74) is 2.84. The highest BCUT2D eigenvalue weighted by Gasteiger charge is 2.25. The Bertz CT molecular complexity index is 611. The zero-order chi connectivity index (χ0) is 15.4. The molecule has 1 atom stereocenters. The van der Waals surface area contributed by atoms with Crippen molar-refractivity contribution in [2.24, 2.45) is 5.92 Å². The van der Waals surface area contributed by atoms with Crippen molar-refractivity contribution >= 4 is 11.5 Å². The third kappa shape index (κ3) is 3.25. The Morgan fingerprint density at radius 3 is 2.76 bits per heavy atom. The maximum absolute atomic E-state index is 11.8. The Balaban J connectivity index is 2.34. The second kappa shape index (κ2) is 6.45. The summed E-state index contributed by atoms with van der Waals surface area (Å²) in [6.45, 7) is 3.51. The number of nitrogens with zero attached hydrogens (tertiary/aromatic N) is 1. The van der Waals surface area contributed by atoms with Crippen LogP contribution >= 0.6 is 0 Å². The van der Waals surface area contributed by atoms with Gasteiger partial charge in [0.1, 0.15) is 11.8 Å². The molecule has 0 bridgehead atoms. The van der Waals surface area contributed by atoms with Gasteiger partial charge in [0.2, 0.25) is 6.10 Å². The minimum atomic E-state index is -0.869. The minimum absolute atomic E-state index is 0.255. The SMILES string of the molecule is COc1ccc2c(c1)C(C(C#N)OC(=O)C(C)C)=CCC2. The van der Waals surface area contributed by atoms with Crippen LogP contribution in [0, 0.1) is 17.2 Å². The van der Waals surface area contributed by atoms with Crippen LogP contribution < -0.4 is 4.74 Å². The first-order chi connectivity index (χ1) is 10.1. The molecule has 0 spiro atoms. The van der Waals surface area contributed by atoms with Crippen molar-refractivity contribution in [3.05, 3.63) is 35.4 Å². The molecular weight excluding hydrogens is 266 g/mol. The van der Waals surface area contributed by atoms with E-state index in [1.807, 2.05) is 24.3 Å². The first kappa shape index (κ1) is 15.1. The molecule has 1 aromatic rings. The second-order valence-corrected chi connectivity index (χ2v) is 5.32. The van der Waals surface area contributed by atoms with E-state index in [0.29, 0.717) is 0 Å². The average molecular weight is 285 g/mol. The van der Waals surface area contributed by atoms with Crippen LogP contribution in [-0.2, 0) is 16.0 Å². The lowest BCUT2D eigenvalue weighted by Gasteiger charge is -2.22. The number of ether oxygens (including phenoxy) is 2. The standard InChI is InChI=1S/C17H19NO3/c1-11(2)17(19)21-16(10-18)14-6-4-5-12-7-8-13(20-3)9-15(12)14/h6-9,11,16H,4-5H2,1-3H3. The fourth-order valence-electron chi connectivity index (χ4n) is 2.32. The zero-order valence-electron chi connectivity index (χ0n) is 12.6. The van der Waals surface area contributed by atoms with E-state index in [9.17, 15) is 10.1 Å². The molecular formula is C17H19NO3. The van der Waals surface area contributed by atoms with E-state index in [0.717, 1.165) is 35.3 Å². The highest BCUT2D eigenvalue weighted by Crippen LogP contribution is 2.33. The molecule has 0 aromatic heterocycles. The zero-order valence-corrected chi connectivity index (χ0v) is 12.6. The highest BCUT2D eigenvalue weighted by atomic mass is 16.5. The van der Waals surface area contributed by atoms with Gasteiger partial charge < -0.3 is 9.47 Å². The molecule has 1 aliphatic carbocycles. The third-order valence-corrected chi connectivity index (χ3v) is 3.51. The summed E-state index contributed by atoms with van der Waals surface area (Å²) in [5.74, 6) is 0.112. The fraction of sp³-hybridized carbons (Fsp3) is 0.412. The Kier molecular flexibility index (Phi) is 4.64. The van der Waals surface area contributed by atoms with Crippen LogP contribution in [0.2, 0.25) is 0 Å². The van der Waals surface area contributed by atoms with Gasteiger partial charge in [0.15, 0.2) is 0 Å². The summed E-state index contributed by atoms with van der Waals surface area (Å²) in [6, 6.07) is 7.89. The fourth-order valence-corrected chi connectivity index (χ4v) is 2.32. The number of rotatable bonds is 4. The lowest BCUT2D eigenvalue weighted by atomic mass is 9.88. The van der Waals surface area contributed by atoms with Crippen molar-refractivity contribution in [1.29, 1.82) is 5.26 Å². The molecule has 4 nitrogen and oxygen atoms in total. The van der Waals surface area contributed by atoms with E-state index < -0.39 is 6.10 Å². The topological polar surface area (TPSA) is 59.3 Å².